The van der Waals surface area contributed by atoms with Crippen molar-refractivity contribution in [1.29, 1.82) is 0 Å². The Labute approximate surface area is 88.2 Å². The van der Waals surface area contributed by atoms with Crippen LogP contribution in [0.25, 0.3) is 0 Å². The van der Waals surface area contributed by atoms with Gasteiger partial charge in [0.1, 0.15) is 0 Å². The standard InChI is InChI=1S/C5H13N.4ClH/c1-4-5(2,3)6;;;;/h4,6H2,1-3H3;4*1H. The lowest BCUT2D eigenvalue weighted by Crippen LogP contribution is -2.30. The topological polar surface area (TPSA) is 26.0 Å². The highest BCUT2D eigenvalue weighted by Gasteiger charge is 2.03. The molecule has 0 unspecified atom stereocenters. The Morgan fingerprint density at radius 1 is 1.00 bits per heavy atom. The van der Waals surface area contributed by atoms with Crippen molar-refractivity contribution in [3.05, 3.63) is 0 Å². The first-order valence-corrected chi connectivity index (χ1v) is 2.35. The van der Waals surface area contributed by atoms with Gasteiger partial charge in [0.05, 0.1) is 0 Å². The summed E-state index contributed by atoms with van der Waals surface area (Å²) in [5.74, 6) is 0. The van der Waals surface area contributed by atoms with E-state index in [1.807, 2.05) is 13.8 Å². The van der Waals surface area contributed by atoms with Gasteiger partial charge in [-0.15, -0.1) is 49.6 Å². The van der Waals surface area contributed by atoms with Crippen molar-refractivity contribution in [2.45, 2.75) is 32.7 Å². The molecule has 0 spiro atoms. The molecule has 0 amide bonds. The highest BCUT2D eigenvalue weighted by Crippen LogP contribution is 1.99. The SMILES string of the molecule is CCC(C)(C)N.Cl.Cl.Cl.Cl. The maximum absolute atomic E-state index is 5.53. The van der Waals surface area contributed by atoms with Crippen LogP contribution in [0.3, 0.4) is 0 Å². The average molecular weight is 233 g/mol. The van der Waals surface area contributed by atoms with E-state index < -0.39 is 0 Å². The fourth-order valence-corrected chi connectivity index (χ4v) is 0. The summed E-state index contributed by atoms with van der Waals surface area (Å²) in [6.45, 7) is 6.12. The molecule has 0 aliphatic rings. The normalized spacial score (nSPS) is 7.20. The lowest BCUT2D eigenvalue weighted by atomic mass is 10.1. The molecule has 1 nitrogen and oxygen atoms in total. The van der Waals surface area contributed by atoms with Crippen LogP contribution in [0, 0.1) is 0 Å². The van der Waals surface area contributed by atoms with Gasteiger partial charge in [0, 0.05) is 5.54 Å². The third kappa shape index (κ3) is 35.4. The molecular formula is C5H17Cl4N. The van der Waals surface area contributed by atoms with Crippen molar-refractivity contribution in [2.24, 2.45) is 5.73 Å². The molecule has 2 N–H and O–H groups in total. The lowest BCUT2D eigenvalue weighted by molar-refractivity contribution is 0.501. The van der Waals surface area contributed by atoms with E-state index in [0.29, 0.717) is 0 Å². The van der Waals surface area contributed by atoms with E-state index in [2.05, 4.69) is 6.92 Å². The Hall–Kier alpha value is 1.12. The van der Waals surface area contributed by atoms with E-state index in [1.54, 1.807) is 0 Å². The van der Waals surface area contributed by atoms with Crippen molar-refractivity contribution in [3.63, 3.8) is 0 Å². The summed E-state index contributed by atoms with van der Waals surface area (Å²) < 4.78 is 0. The van der Waals surface area contributed by atoms with Gasteiger partial charge in [0.15, 0.2) is 0 Å². The van der Waals surface area contributed by atoms with Gasteiger partial charge in [-0.1, -0.05) is 6.92 Å². The van der Waals surface area contributed by atoms with E-state index in [9.17, 15) is 0 Å². The minimum absolute atomic E-state index is 0. The van der Waals surface area contributed by atoms with Gasteiger partial charge in [-0.3, -0.25) is 0 Å². The van der Waals surface area contributed by atoms with E-state index in [0.717, 1.165) is 6.42 Å². The molecule has 0 saturated carbocycles. The van der Waals surface area contributed by atoms with Crippen LogP contribution in [-0.4, -0.2) is 5.54 Å². The Morgan fingerprint density at radius 3 is 1.10 bits per heavy atom. The van der Waals surface area contributed by atoms with Gasteiger partial charge < -0.3 is 5.73 Å². The predicted octanol–water partition coefficient (Wildman–Crippen LogP) is 2.82. The summed E-state index contributed by atoms with van der Waals surface area (Å²) in [7, 11) is 0. The van der Waals surface area contributed by atoms with Crippen LogP contribution >= 0.6 is 49.6 Å². The van der Waals surface area contributed by atoms with Gasteiger partial charge in [-0.05, 0) is 20.3 Å². The van der Waals surface area contributed by atoms with Gasteiger partial charge in [0.2, 0.25) is 0 Å². The second-order valence-electron chi connectivity index (χ2n) is 2.34. The highest BCUT2D eigenvalue weighted by atomic mass is 35.5. The number of nitrogens with two attached hydrogens (primary N) is 1. The lowest BCUT2D eigenvalue weighted by Gasteiger charge is -2.13. The zero-order chi connectivity index (χ0) is 5.21. The molecule has 70 valence electrons. The summed E-state index contributed by atoms with van der Waals surface area (Å²) in [6, 6.07) is 0. The van der Waals surface area contributed by atoms with Crippen LogP contribution in [0.1, 0.15) is 27.2 Å². The number of hydrogen-bond donors (Lipinski definition) is 1. The third-order valence-corrected chi connectivity index (χ3v) is 0.911. The van der Waals surface area contributed by atoms with E-state index >= 15 is 0 Å². The predicted molar refractivity (Wildman–Crippen MR) is 57.5 cm³/mol. The smallest absolute Gasteiger partial charge is 0.00944 e. The molecule has 0 heterocycles. The van der Waals surface area contributed by atoms with E-state index in [1.165, 1.54) is 0 Å². The minimum Gasteiger partial charge on any atom is -0.326 e. The summed E-state index contributed by atoms with van der Waals surface area (Å²) in [4.78, 5) is 0. The van der Waals surface area contributed by atoms with Crippen molar-refractivity contribution in [1.82, 2.24) is 0 Å². The van der Waals surface area contributed by atoms with Crippen molar-refractivity contribution < 1.29 is 0 Å². The van der Waals surface area contributed by atoms with Crippen molar-refractivity contribution >= 4 is 49.6 Å². The summed E-state index contributed by atoms with van der Waals surface area (Å²) in [6.07, 6.45) is 1.05. The Morgan fingerprint density at radius 2 is 1.10 bits per heavy atom. The molecule has 0 atom stereocenters. The van der Waals surface area contributed by atoms with Gasteiger partial charge >= 0.3 is 0 Å². The molecule has 0 rings (SSSR count). The molecule has 0 radical (unpaired) electrons. The first-order chi connectivity index (χ1) is 2.56. The molecule has 0 aliphatic carbocycles. The minimum atomic E-state index is 0. The van der Waals surface area contributed by atoms with Crippen LogP contribution in [-0.2, 0) is 0 Å². The summed E-state index contributed by atoms with van der Waals surface area (Å²) in [5.41, 5.74) is 5.58. The molecule has 0 aromatic rings. The molecule has 10 heavy (non-hydrogen) atoms. The molecule has 0 aliphatic heterocycles. The van der Waals surface area contributed by atoms with Crippen molar-refractivity contribution in [3.8, 4) is 0 Å². The van der Waals surface area contributed by atoms with Gasteiger partial charge in [0.25, 0.3) is 0 Å². The van der Waals surface area contributed by atoms with Crippen LogP contribution in [0.2, 0.25) is 0 Å². The number of rotatable bonds is 1. The molecular weight excluding hydrogens is 216 g/mol. The van der Waals surface area contributed by atoms with Crippen LogP contribution < -0.4 is 5.73 Å². The third-order valence-electron chi connectivity index (χ3n) is 0.911. The average Bonchev–Trinajstić information content (AvgIpc) is 1.35. The van der Waals surface area contributed by atoms with Crippen LogP contribution in [0.15, 0.2) is 0 Å². The molecule has 0 saturated heterocycles. The van der Waals surface area contributed by atoms with Crippen molar-refractivity contribution in [2.75, 3.05) is 0 Å². The number of hydrogen-bond acceptors (Lipinski definition) is 1. The molecule has 0 aromatic heterocycles. The number of halogens is 4. The van der Waals surface area contributed by atoms with E-state index in [4.69, 9.17) is 5.73 Å². The quantitative estimate of drug-likeness (QED) is 0.740. The van der Waals surface area contributed by atoms with Gasteiger partial charge in [-0.25, -0.2) is 0 Å². The first kappa shape index (κ1) is 30.4. The Kier molecular flexibility index (Phi) is 38.8. The van der Waals surface area contributed by atoms with Crippen LogP contribution in [0.5, 0.6) is 0 Å². The fraction of sp³-hybridized carbons (Fsp3) is 1.00. The molecule has 0 aromatic carbocycles. The van der Waals surface area contributed by atoms with Gasteiger partial charge in [-0.2, -0.15) is 0 Å². The molecule has 0 fully saturated rings. The summed E-state index contributed by atoms with van der Waals surface area (Å²) in [5, 5.41) is 0. The largest absolute Gasteiger partial charge is 0.326 e. The Balaban J connectivity index is -0.0000000208. The highest BCUT2D eigenvalue weighted by molar-refractivity contribution is 5.86. The summed E-state index contributed by atoms with van der Waals surface area (Å²) >= 11 is 0. The zero-order valence-corrected chi connectivity index (χ0v) is 9.68. The maximum Gasteiger partial charge on any atom is 0.00944 e. The second-order valence-corrected chi connectivity index (χ2v) is 2.34. The molecule has 0 bridgehead atoms. The second kappa shape index (κ2) is 12.8. The Bertz CT molecular complexity index is 43.4. The molecule has 5 heteroatoms. The zero-order valence-electron chi connectivity index (χ0n) is 6.42. The van der Waals surface area contributed by atoms with E-state index in [-0.39, 0.29) is 55.2 Å². The van der Waals surface area contributed by atoms with Crippen LogP contribution in [0.4, 0.5) is 0 Å². The fourth-order valence-electron chi connectivity index (χ4n) is 0. The monoisotopic (exact) mass is 231 g/mol. The maximum atomic E-state index is 5.53. The first-order valence-electron chi connectivity index (χ1n) is 2.35.